The van der Waals surface area contributed by atoms with Crippen LogP contribution in [0.5, 0.6) is 0 Å². The van der Waals surface area contributed by atoms with Crippen molar-refractivity contribution >= 4 is 21.8 Å². The second-order valence-corrected chi connectivity index (χ2v) is 9.11. The number of furan rings is 1. The van der Waals surface area contributed by atoms with Crippen molar-refractivity contribution in [2.75, 3.05) is 39.3 Å². The zero-order valence-corrected chi connectivity index (χ0v) is 17.5. The van der Waals surface area contributed by atoms with E-state index in [4.69, 9.17) is 10.2 Å². The predicted molar refractivity (Wildman–Crippen MR) is 106 cm³/mol. The summed E-state index contributed by atoms with van der Waals surface area (Å²) in [6.45, 7) is 4.27. The van der Waals surface area contributed by atoms with Gasteiger partial charge in [-0.2, -0.15) is 4.31 Å². The summed E-state index contributed by atoms with van der Waals surface area (Å²) in [5.74, 6) is -0.957. The number of sulfonamides is 1. The number of hydrogen-bond donors (Lipinski definition) is 1. The van der Waals surface area contributed by atoms with Crippen LogP contribution in [0.25, 0.3) is 0 Å². The fourth-order valence-electron chi connectivity index (χ4n) is 3.73. The molecule has 1 aromatic heterocycles. The van der Waals surface area contributed by atoms with E-state index in [0.717, 1.165) is 25.0 Å². The van der Waals surface area contributed by atoms with E-state index in [2.05, 4.69) is 6.08 Å². The smallest absolute Gasteiger partial charge is 0.284 e. The average molecular weight is 425 g/mol. The molecule has 160 valence electrons. The number of carbonyl (C=O) groups excluding carboxylic acids is 2. The number of rotatable bonds is 7. The number of piperazine rings is 1. The molecule has 2 amide bonds. The third-order valence-corrected chi connectivity index (χ3v) is 7.11. The first-order chi connectivity index (χ1) is 13.8. The minimum Gasteiger partial charge on any atom is -0.438 e. The van der Waals surface area contributed by atoms with Crippen molar-refractivity contribution in [3.05, 3.63) is 29.7 Å². The normalized spacial score (nSPS) is 19.0. The molecule has 2 aliphatic rings. The lowest BCUT2D eigenvalue weighted by Gasteiger charge is -2.34. The number of nitrogens with two attached hydrogens (primary N) is 1. The van der Waals surface area contributed by atoms with E-state index in [9.17, 15) is 18.0 Å². The first-order valence-electron chi connectivity index (χ1n) is 9.94. The highest BCUT2D eigenvalue weighted by atomic mass is 32.2. The molecule has 0 bridgehead atoms. The Bertz CT molecular complexity index is 884. The second kappa shape index (κ2) is 9.10. The molecule has 0 atom stereocenters. The fraction of sp³-hybridized carbons (Fsp3) is 0.579. The second-order valence-electron chi connectivity index (χ2n) is 7.24. The largest absolute Gasteiger partial charge is 0.438 e. The van der Waals surface area contributed by atoms with Crippen molar-refractivity contribution in [1.29, 1.82) is 0 Å². The van der Waals surface area contributed by atoms with Crippen molar-refractivity contribution in [3.8, 4) is 0 Å². The third kappa shape index (κ3) is 4.88. The summed E-state index contributed by atoms with van der Waals surface area (Å²) in [6, 6.07) is 2.49. The highest BCUT2D eigenvalue weighted by molar-refractivity contribution is 7.89. The molecule has 0 unspecified atom stereocenters. The van der Waals surface area contributed by atoms with Gasteiger partial charge in [-0.25, -0.2) is 8.42 Å². The molecule has 0 radical (unpaired) electrons. The number of hydrogen-bond acceptors (Lipinski definition) is 6. The Balaban J connectivity index is 1.57. The zero-order chi connectivity index (χ0) is 21.0. The van der Waals surface area contributed by atoms with Gasteiger partial charge in [0, 0.05) is 38.4 Å². The Hall–Kier alpha value is -2.17. The van der Waals surface area contributed by atoms with Crippen molar-refractivity contribution in [2.24, 2.45) is 5.73 Å². The molecule has 0 aromatic carbocycles. The van der Waals surface area contributed by atoms with E-state index in [1.54, 1.807) is 0 Å². The summed E-state index contributed by atoms with van der Waals surface area (Å²) in [5.41, 5.74) is 6.22. The van der Waals surface area contributed by atoms with Gasteiger partial charge in [-0.15, -0.1) is 0 Å². The molecule has 9 nitrogen and oxygen atoms in total. The van der Waals surface area contributed by atoms with Gasteiger partial charge in [0.05, 0.1) is 6.54 Å². The lowest BCUT2D eigenvalue weighted by Crippen LogP contribution is -2.51. The molecular formula is C19H28N4O5S. The third-order valence-electron chi connectivity index (χ3n) is 5.34. The SMILES string of the molecule is CCN(C(=O)CN1CCN(S(=O)(=O)c2ccc(C(N)=O)o2)CC1)C1=CCCCC1. The predicted octanol–water partition coefficient (Wildman–Crippen LogP) is 0.991. The number of carbonyl (C=O) groups is 2. The van der Waals surface area contributed by atoms with Gasteiger partial charge < -0.3 is 15.1 Å². The minimum atomic E-state index is -3.84. The van der Waals surface area contributed by atoms with Crippen molar-refractivity contribution in [1.82, 2.24) is 14.1 Å². The van der Waals surface area contributed by atoms with Crippen LogP contribution in [0.2, 0.25) is 0 Å². The van der Waals surface area contributed by atoms with E-state index < -0.39 is 15.9 Å². The van der Waals surface area contributed by atoms with E-state index in [1.807, 2.05) is 16.7 Å². The molecule has 1 saturated heterocycles. The Morgan fingerprint density at radius 3 is 2.45 bits per heavy atom. The molecular weight excluding hydrogens is 396 g/mol. The topological polar surface area (TPSA) is 117 Å². The summed E-state index contributed by atoms with van der Waals surface area (Å²) in [6.07, 6.45) is 6.37. The van der Waals surface area contributed by atoms with Gasteiger partial charge in [-0.05, 0) is 44.7 Å². The first kappa shape index (κ1) is 21.5. The van der Waals surface area contributed by atoms with Gasteiger partial charge in [0.1, 0.15) is 0 Å². The van der Waals surface area contributed by atoms with Gasteiger partial charge >= 0.3 is 0 Å². The first-order valence-corrected chi connectivity index (χ1v) is 11.4. The maximum Gasteiger partial charge on any atom is 0.284 e. The maximum absolute atomic E-state index is 12.8. The highest BCUT2D eigenvalue weighted by Gasteiger charge is 2.32. The lowest BCUT2D eigenvalue weighted by atomic mass is 10.0. The van der Waals surface area contributed by atoms with Crippen LogP contribution in [0.15, 0.2) is 33.4 Å². The number of likely N-dealkylation sites (N-methyl/N-ethyl adjacent to an activating group) is 1. The Labute approximate surface area is 171 Å². The highest BCUT2D eigenvalue weighted by Crippen LogP contribution is 2.22. The van der Waals surface area contributed by atoms with Crippen LogP contribution >= 0.6 is 0 Å². The number of primary amides is 1. The van der Waals surface area contributed by atoms with E-state index >= 15 is 0 Å². The minimum absolute atomic E-state index is 0.0501. The Kier molecular flexibility index (Phi) is 6.76. The molecule has 3 rings (SSSR count). The van der Waals surface area contributed by atoms with Crippen LogP contribution in [0.3, 0.4) is 0 Å². The van der Waals surface area contributed by atoms with Crippen LogP contribution in [0, 0.1) is 0 Å². The van der Waals surface area contributed by atoms with Crippen molar-refractivity contribution in [2.45, 2.75) is 37.7 Å². The molecule has 2 heterocycles. The molecule has 0 saturated carbocycles. The summed E-state index contributed by atoms with van der Waals surface area (Å²) >= 11 is 0. The molecule has 10 heteroatoms. The summed E-state index contributed by atoms with van der Waals surface area (Å²) in [4.78, 5) is 27.7. The molecule has 1 aliphatic heterocycles. The Morgan fingerprint density at radius 2 is 1.90 bits per heavy atom. The lowest BCUT2D eigenvalue weighted by molar-refractivity contribution is -0.130. The molecule has 1 aromatic rings. The zero-order valence-electron chi connectivity index (χ0n) is 16.7. The van der Waals surface area contributed by atoms with E-state index in [1.165, 1.54) is 22.9 Å². The van der Waals surface area contributed by atoms with Crippen LogP contribution in [0.1, 0.15) is 43.2 Å². The van der Waals surface area contributed by atoms with Crippen LogP contribution in [-0.4, -0.2) is 73.6 Å². The fourth-order valence-corrected chi connectivity index (χ4v) is 5.06. The van der Waals surface area contributed by atoms with Crippen LogP contribution in [-0.2, 0) is 14.8 Å². The number of nitrogens with zero attached hydrogens (tertiary/aromatic N) is 3. The number of amides is 2. The summed E-state index contributed by atoms with van der Waals surface area (Å²) in [5, 5.41) is -0.294. The maximum atomic E-state index is 12.8. The van der Waals surface area contributed by atoms with Crippen molar-refractivity contribution < 1.29 is 22.4 Å². The van der Waals surface area contributed by atoms with Gasteiger partial charge in [-0.3, -0.25) is 14.5 Å². The summed E-state index contributed by atoms with van der Waals surface area (Å²) in [7, 11) is -3.84. The van der Waals surface area contributed by atoms with Gasteiger partial charge in [0.15, 0.2) is 5.76 Å². The monoisotopic (exact) mass is 424 g/mol. The Morgan fingerprint density at radius 1 is 1.17 bits per heavy atom. The van der Waals surface area contributed by atoms with E-state index in [-0.39, 0.29) is 36.4 Å². The molecule has 2 N–H and O–H groups in total. The molecule has 29 heavy (non-hydrogen) atoms. The number of allylic oxidation sites excluding steroid dienone is 2. The molecule has 1 aliphatic carbocycles. The van der Waals surface area contributed by atoms with Crippen LogP contribution in [0.4, 0.5) is 0 Å². The summed E-state index contributed by atoms with van der Waals surface area (Å²) < 4.78 is 31.8. The quantitative estimate of drug-likeness (QED) is 0.698. The average Bonchev–Trinajstić information content (AvgIpc) is 3.21. The van der Waals surface area contributed by atoms with Gasteiger partial charge in [-0.1, -0.05) is 6.08 Å². The van der Waals surface area contributed by atoms with Crippen LogP contribution < -0.4 is 5.73 Å². The molecule has 0 spiro atoms. The van der Waals surface area contributed by atoms with Gasteiger partial charge in [0.2, 0.25) is 11.0 Å². The van der Waals surface area contributed by atoms with Gasteiger partial charge in [0.25, 0.3) is 15.9 Å². The van der Waals surface area contributed by atoms with Crippen molar-refractivity contribution in [3.63, 3.8) is 0 Å². The standard InChI is InChI=1S/C19H28N4O5S/c1-2-23(15-6-4-3-5-7-15)17(24)14-21-10-12-22(13-11-21)29(26,27)18-9-8-16(28-18)19(20)25/h6,8-9H,2-5,7,10-14H2,1H3,(H2,20,25). The van der Waals surface area contributed by atoms with E-state index in [0.29, 0.717) is 19.6 Å². The molecule has 1 fully saturated rings.